The molecule has 0 aliphatic heterocycles. The molecule has 0 saturated carbocycles. The fraction of sp³-hybridized carbons (Fsp3) is 0.625. The van der Waals surface area contributed by atoms with Crippen molar-refractivity contribution in [3.63, 3.8) is 0 Å². The van der Waals surface area contributed by atoms with Crippen LogP contribution in [0.2, 0.25) is 0 Å². The Kier molecular flexibility index (Phi) is 5.31. The van der Waals surface area contributed by atoms with Gasteiger partial charge in [-0.05, 0) is 37.4 Å². The van der Waals surface area contributed by atoms with Crippen LogP contribution in [0.3, 0.4) is 0 Å². The van der Waals surface area contributed by atoms with Crippen LogP contribution in [-0.2, 0) is 6.42 Å². The normalized spacial score (nSPS) is 25.1. The number of aliphatic hydroxyl groups excluding tert-OH is 1. The van der Waals surface area contributed by atoms with Crippen molar-refractivity contribution in [2.45, 2.75) is 56.3 Å². The summed E-state index contributed by atoms with van der Waals surface area (Å²) in [7, 11) is 0. The van der Waals surface area contributed by atoms with Gasteiger partial charge in [-0.2, -0.15) is 11.8 Å². The molecule has 19 heavy (non-hydrogen) atoms. The topological polar surface area (TPSA) is 32.3 Å². The molecule has 0 spiro atoms. The summed E-state index contributed by atoms with van der Waals surface area (Å²) in [4.78, 5) is 0. The fourth-order valence-electron chi connectivity index (χ4n) is 2.62. The number of thioether (sulfide) groups is 1. The van der Waals surface area contributed by atoms with Gasteiger partial charge in [0.1, 0.15) is 0 Å². The Morgan fingerprint density at radius 2 is 2.11 bits per heavy atom. The molecule has 4 atom stereocenters. The standard InChI is InChI=1S/C16H25NOS/c1-4-9-17-16-14-8-6-5-7-13(14)10-15(16)19-12(3)11(2)18/h5-8,11-12,15-18H,4,9-10H2,1-3H3. The highest BCUT2D eigenvalue weighted by Gasteiger charge is 2.33. The third kappa shape index (κ3) is 3.53. The van der Waals surface area contributed by atoms with Crippen LogP contribution in [0.4, 0.5) is 0 Å². The lowest BCUT2D eigenvalue weighted by Crippen LogP contribution is -2.30. The van der Waals surface area contributed by atoms with Gasteiger partial charge >= 0.3 is 0 Å². The lowest BCUT2D eigenvalue weighted by Gasteiger charge is -2.25. The van der Waals surface area contributed by atoms with E-state index in [4.69, 9.17) is 0 Å². The summed E-state index contributed by atoms with van der Waals surface area (Å²) in [5.74, 6) is 0. The van der Waals surface area contributed by atoms with E-state index >= 15 is 0 Å². The second-order valence-corrected chi connectivity index (χ2v) is 7.08. The van der Waals surface area contributed by atoms with Crippen LogP contribution in [-0.4, -0.2) is 28.3 Å². The van der Waals surface area contributed by atoms with Crippen molar-refractivity contribution >= 4 is 11.8 Å². The molecular weight excluding hydrogens is 254 g/mol. The van der Waals surface area contributed by atoms with Crippen molar-refractivity contribution in [1.82, 2.24) is 5.32 Å². The highest BCUT2D eigenvalue weighted by Crippen LogP contribution is 2.40. The highest BCUT2D eigenvalue weighted by atomic mass is 32.2. The third-order valence-electron chi connectivity index (χ3n) is 3.87. The first-order valence-corrected chi connectivity index (χ1v) is 8.22. The second-order valence-electron chi connectivity index (χ2n) is 5.45. The molecule has 2 rings (SSSR count). The zero-order chi connectivity index (χ0) is 13.8. The van der Waals surface area contributed by atoms with Gasteiger partial charge in [-0.3, -0.25) is 0 Å². The van der Waals surface area contributed by atoms with Gasteiger partial charge in [0.2, 0.25) is 0 Å². The Morgan fingerprint density at radius 1 is 1.37 bits per heavy atom. The van der Waals surface area contributed by atoms with Crippen LogP contribution in [0, 0.1) is 0 Å². The van der Waals surface area contributed by atoms with E-state index in [0.29, 0.717) is 11.3 Å². The minimum absolute atomic E-state index is 0.250. The lowest BCUT2D eigenvalue weighted by atomic mass is 10.1. The second kappa shape index (κ2) is 6.78. The molecule has 4 unspecified atom stereocenters. The number of nitrogens with one attached hydrogen (secondary N) is 1. The number of aliphatic hydroxyl groups is 1. The van der Waals surface area contributed by atoms with Crippen LogP contribution in [0.15, 0.2) is 24.3 Å². The molecule has 3 heteroatoms. The van der Waals surface area contributed by atoms with E-state index in [9.17, 15) is 5.11 Å². The maximum absolute atomic E-state index is 9.72. The summed E-state index contributed by atoms with van der Waals surface area (Å²) in [5.41, 5.74) is 2.91. The Morgan fingerprint density at radius 3 is 2.79 bits per heavy atom. The molecule has 0 saturated heterocycles. The monoisotopic (exact) mass is 279 g/mol. The van der Waals surface area contributed by atoms with Gasteiger partial charge < -0.3 is 10.4 Å². The van der Waals surface area contributed by atoms with E-state index in [1.807, 2.05) is 18.7 Å². The van der Waals surface area contributed by atoms with Crippen LogP contribution >= 0.6 is 11.8 Å². The van der Waals surface area contributed by atoms with E-state index in [1.165, 1.54) is 11.1 Å². The quantitative estimate of drug-likeness (QED) is 0.839. The average molecular weight is 279 g/mol. The number of benzene rings is 1. The zero-order valence-electron chi connectivity index (χ0n) is 12.1. The van der Waals surface area contributed by atoms with Crippen LogP contribution in [0.1, 0.15) is 44.4 Å². The molecule has 1 aliphatic rings. The minimum atomic E-state index is -0.250. The molecule has 0 fully saturated rings. The Bertz CT molecular complexity index is 407. The van der Waals surface area contributed by atoms with Crippen LogP contribution in [0.25, 0.3) is 0 Å². The number of hydrogen-bond donors (Lipinski definition) is 2. The molecular formula is C16H25NOS. The van der Waals surface area contributed by atoms with Crippen molar-refractivity contribution in [2.75, 3.05) is 6.54 Å². The van der Waals surface area contributed by atoms with Gasteiger partial charge in [-0.25, -0.2) is 0 Å². The van der Waals surface area contributed by atoms with Crippen molar-refractivity contribution < 1.29 is 5.11 Å². The number of rotatable bonds is 6. The van der Waals surface area contributed by atoms with Gasteiger partial charge in [0.05, 0.1) is 6.10 Å². The average Bonchev–Trinajstić information content (AvgIpc) is 2.73. The van der Waals surface area contributed by atoms with E-state index in [2.05, 4.69) is 43.4 Å². The molecule has 1 aliphatic carbocycles. The summed E-state index contributed by atoms with van der Waals surface area (Å²) >= 11 is 1.92. The predicted octanol–water partition coefficient (Wildman–Crippen LogP) is 3.15. The Labute approximate surface area is 121 Å². The molecule has 1 aromatic carbocycles. The van der Waals surface area contributed by atoms with Crippen molar-refractivity contribution in [3.8, 4) is 0 Å². The van der Waals surface area contributed by atoms with Crippen LogP contribution in [0.5, 0.6) is 0 Å². The molecule has 0 aromatic heterocycles. The maximum atomic E-state index is 9.72. The van der Waals surface area contributed by atoms with Crippen molar-refractivity contribution in [1.29, 1.82) is 0 Å². The van der Waals surface area contributed by atoms with E-state index < -0.39 is 0 Å². The number of hydrogen-bond acceptors (Lipinski definition) is 3. The fourth-order valence-corrected chi connectivity index (χ4v) is 4.07. The third-order valence-corrected chi connectivity index (χ3v) is 5.48. The SMILES string of the molecule is CCCNC1c2ccccc2CC1SC(C)C(C)O. The molecule has 0 bridgehead atoms. The van der Waals surface area contributed by atoms with Gasteiger partial charge in [-0.15, -0.1) is 0 Å². The first kappa shape index (κ1) is 14.9. The summed E-state index contributed by atoms with van der Waals surface area (Å²) < 4.78 is 0. The number of fused-ring (bicyclic) bond motifs is 1. The van der Waals surface area contributed by atoms with Gasteiger partial charge in [-0.1, -0.05) is 38.1 Å². The van der Waals surface area contributed by atoms with Crippen LogP contribution < -0.4 is 5.32 Å². The van der Waals surface area contributed by atoms with E-state index in [0.717, 1.165) is 19.4 Å². The molecule has 1 aromatic rings. The van der Waals surface area contributed by atoms with Crippen molar-refractivity contribution in [2.24, 2.45) is 0 Å². The lowest BCUT2D eigenvalue weighted by molar-refractivity contribution is 0.196. The molecule has 0 radical (unpaired) electrons. The summed E-state index contributed by atoms with van der Waals surface area (Å²) in [6, 6.07) is 9.17. The summed E-state index contributed by atoms with van der Waals surface area (Å²) in [6.45, 7) is 7.26. The van der Waals surface area contributed by atoms with Crippen molar-refractivity contribution in [3.05, 3.63) is 35.4 Å². The smallest absolute Gasteiger partial charge is 0.0628 e. The van der Waals surface area contributed by atoms with Gasteiger partial charge in [0, 0.05) is 16.5 Å². The van der Waals surface area contributed by atoms with E-state index in [-0.39, 0.29) is 11.4 Å². The highest BCUT2D eigenvalue weighted by molar-refractivity contribution is 8.00. The largest absolute Gasteiger partial charge is 0.392 e. The Hall–Kier alpha value is -0.510. The molecule has 2 nitrogen and oxygen atoms in total. The van der Waals surface area contributed by atoms with Gasteiger partial charge in [0.25, 0.3) is 0 Å². The molecule has 0 heterocycles. The minimum Gasteiger partial charge on any atom is -0.392 e. The molecule has 2 N–H and O–H groups in total. The first-order chi connectivity index (χ1) is 9.13. The zero-order valence-corrected chi connectivity index (χ0v) is 12.9. The predicted molar refractivity (Wildman–Crippen MR) is 83.7 cm³/mol. The van der Waals surface area contributed by atoms with Gasteiger partial charge in [0.15, 0.2) is 0 Å². The first-order valence-electron chi connectivity index (χ1n) is 7.28. The molecule has 106 valence electrons. The molecule has 0 amide bonds. The Balaban J connectivity index is 2.11. The maximum Gasteiger partial charge on any atom is 0.0628 e. The van der Waals surface area contributed by atoms with E-state index in [1.54, 1.807) is 0 Å². The summed E-state index contributed by atoms with van der Waals surface area (Å²) in [5, 5.41) is 14.2. The summed E-state index contributed by atoms with van der Waals surface area (Å²) in [6.07, 6.45) is 2.02.